The van der Waals surface area contributed by atoms with Gasteiger partial charge in [0.2, 0.25) is 6.79 Å². The van der Waals surface area contributed by atoms with Crippen LogP contribution in [0.5, 0.6) is 11.5 Å². The largest absolute Gasteiger partial charge is 0.454 e. The van der Waals surface area contributed by atoms with Gasteiger partial charge in [-0.2, -0.15) is 5.10 Å². The normalized spacial score (nSPS) is 12.6. The number of ether oxygens (including phenoxy) is 2. The molecule has 4 rings (SSSR count). The molecule has 0 saturated heterocycles. The van der Waals surface area contributed by atoms with Gasteiger partial charge in [0.1, 0.15) is 0 Å². The van der Waals surface area contributed by atoms with Crippen LogP contribution < -0.4 is 14.9 Å². The Labute approximate surface area is 177 Å². The Morgan fingerprint density at radius 1 is 1.07 bits per heavy atom. The minimum absolute atomic E-state index is 0.160. The van der Waals surface area contributed by atoms with E-state index >= 15 is 0 Å². The predicted molar refractivity (Wildman–Crippen MR) is 113 cm³/mol. The van der Waals surface area contributed by atoms with Crippen LogP contribution in [0.15, 0.2) is 47.6 Å². The maximum absolute atomic E-state index is 12.3. The topological polar surface area (TPSA) is 64.8 Å². The van der Waals surface area contributed by atoms with Crippen LogP contribution >= 0.6 is 23.2 Å². The second-order valence-electron chi connectivity index (χ2n) is 6.53. The molecule has 1 aliphatic rings. The van der Waals surface area contributed by atoms with Crippen molar-refractivity contribution in [2.75, 3.05) is 6.79 Å². The number of carbonyl (C=O) groups is 1. The van der Waals surface area contributed by atoms with E-state index in [0.717, 1.165) is 22.6 Å². The van der Waals surface area contributed by atoms with E-state index in [4.69, 9.17) is 32.7 Å². The number of fused-ring (bicyclic) bond motifs is 1. The van der Waals surface area contributed by atoms with E-state index in [9.17, 15) is 4.79 Å². The number of rotatable bonds is 4. The minimum Gasteiger partial charge on any atom is -0.454 e. The first kappa shape index (κ1) is 19.4. The van der Waals surface area contributed by atoms with E-state index in [1.54, 1.807) is 30.5 Å². The van der Waals surface area contributed by atoms with E-state index < -0.39 is 0 Å². The standard InChI is InChI=1S/C21H17Cl2N3O3/c1-12-7-15(13(2)26(12)16-4-5-17(22)18(23)9-16)10-24-25-21(27)14-3-6-19-20(8-14)29-11-28-19/h3-10H,11H2,1-2H3,(H,25,27)/b24-10-. The van der Waals surface area contributed by atoms with E-state index in [-0.39, 0.29) is 12.7 Å². The van der Waals surface area contributed by atoms with Crippen LogP contribution in [-0.4, -0.2) is 23.5 Å². The molecule has 1 N–H and O–H groups in total. The Bertz CT molecular complexity index is 1140. The van der Waals surface area contributed by atoms with Gasteiger partial charge >= 0.3 is 0 Å². The highest BCUT2D eigenvalue weighted by molar-refractivity contribution is 6.42. The fourth-order valence-electron chi connectivity index (χ4n) is 3.20. The summed E-state index contributed by atoms with van der Waals surface area (Å²) in [7, 11) is 0. The average Bonchev–Trinajstić information content (AvgIpc) is 3.27. The van der Waals surface area contributed by atoms with Crippen LogP contribution in [-0.2, 0) is 0 Å². The van der Waals surface area contributed by atoms with Gasteiger partial charge in [-0.1, -0.05) is 23.2 Å². The number of nitrogens with zero attached hydrogens (tertiary/aromatic N) is 2. The third-order valence-electron chi connectivity index (χ3n) is 4.64. The summed E-state index contributed by atoms with van der Waals surface area (Å²) in [5.74, 6) is 0.837. The van der Waals surface area contributed by atoms with Crippen LogP contribution in [0.25, 0.3) is 5.69 Å². The van der Waals surface area contributed by atoms with Gasteiger partial charge in [-0.05, 0) is 56.3 Å². The van der Waals surface area contributed by atoms with Crippen molar-refractivity contribution in [3.05, 3.63) is 75.0 Å². The summed E-state index contributed by atoms with van der Waals surface area (Å²) >= 11 is 12.2. The first-order valence-corrected chi connectivity index (χ1v) is 9.57. The van der Waals surface area contributed by atoms with Crippen molar-refractivity contribution in [1.82, 2.24) is 9.99 Å². The fourth-order valence-corrected chi connectivity index (χ4v) is 3.49. The zero-order valence-corrected chi connectivity index (χ0v) is 17.2. The predicted octanol–water partition coefficient (Wildman–Crippen LogP) is 4.89. The highest BCUT2D eigenvalue weighted by atomic mass is 35.5. The molecule has 2 heterocycles. The van der Waals surface area contributed by atoms with Crippen molar-refractivity contribution in [3.63, 3.8) is 0 Å². The van der Waals surface area contributed by atoms with E-state index in [0.29, 0.717) is 27.1 Å². The first-order chi connectivity index (χ1) is 13.9. The van der Waals surface area contributed by atoms with Gasteiger partial charge < -0.3 is 14.0 Å². The molecule has 0 saturated carbocycles. The van der Waals surface area contributed by atoms with Crippen molar-refractivity contribution in [2.45, 2.75) is 13.8 Å². The first-order valence-electron chi connectivity index (χ1n) is 8.81. The van der Waals surface area contributed by atoms with Crippen molar-refractivity contribution < 1.29 is 14.3 Å². The quantitative estimate of drug-likeness (QED) is 0.473. The molecule has 2 aromatic carbocycles. The highest BCUT2D eigenvalue weighted by Gasteiger charge is 2.16. The number of hydrazone groups is 1. The van der Waals surface area contributed by atoms with Crippen molar-refractivity contribution in [3.8, 4) is 17.2 Å². The number of benzene rings is 2. The molecular formula is C21H17Cl2N3O3. The summed E-state index contributed by atoms with van der Waals surface area (Å²) in [6, 6.07) is 12.4. The molecule has 29 heavy (non-hydrogen) atoms. The number of nitrogens with one attached hydrogen (secondary N) is 1. The summed E-state index contributed by atoms with van der Waals surface area (Å²) in [6.07, 6.45) is 1.61. The van der Waals surface area contributed by atoms with Crippen LogP contribution in [0, 0.1) is 13.8 Å². The van der Waals surface area contributed by atoms with Gasteiger partial charge in [-0.25, -0.2) is 5.43 Å². The number of amides is 1. The second-order valence-corrected chi connectivity index (χ2v) is 7.34. The number of hydrogen-bond acceptors (Lipinski definition) is 4. The van der Waals surface area contributed by atoms with Crippen LogP contribution in [0.1, 0.15) is 27.3 Å². The SMILES string of the molecule is Cc1cc(/C=N\NC(=O)c2ccc3c(c2)OCO3)c(C)n1-c1ccc(Cl)c(Cl)c1. The monoisotopic (exact) mass is 429 g/mol. The van der Waals surface area contributed by atoms with Gasteiger partial charge in [-0.3, -0.25) is 4.79 Å². The third-order valence-corrected chi connectivity index (χ3v) is 5.38. The summed E-state index contributed by atoms with van der Waals surface area (Å²) in [5, 5.41) is 5.09. The summed E-state index contributed by atoms with van der Waals surface area (Å²) in [6.45, 7) is 4.11. The Morgan fingerprint density at radius 3 is 2.66 bits per heavy atom. The molecule has 0 unspecified atom stereocenters. The molecule has 8 heteroatoms. The number of aryl methyl sites for hydroxylation is 1. The average molecular weight is 430 g/mol. The molecule has 3 aromatic rings. The van der Waals surface area contributed by atoms with Gasteiger partial charge in [0.05, 0.1) is 16.3 Å². The van der Waals surface area contributed by atoms with Gasteiger partial charge in [0, 0.05) is 28.2 Å². The molecule has 1 aliphatic heterocycles. The molecule has 0 spiro atoms. The lowest BCUT2D eigenvalue weighted by Crippen LogP contribution is -2.17. The van der Waals surface area contributed by atoms with Crippen LogP contribution in [0.3, 0.4) is 0 Å². The van der Waals surface area contributed by atoms with Crippen molar-refractivity contribution in [2.24, 2.45) is 5.10 Å². The molecule has 148 valence electrons. The molecule has 0 radical (unpaired) electrons. The third kappa shape index (κ3) is 3.81. The maximum Gasteiger partial charge on any atom is 0.271 e. The summed E-state index contributed by atoms with van der Waals surface area (Å²) < 4.78 is 12.6. The van der Waals surface area contributed by atoms with Gasteiger partial charge in [-0.15, -0.1) is 0 Å². The Hall–Kier alpha value is -2.96. The number of hydrogen-bond donors (Lipinski definition) is 1. The second kappa shape index (κ2) is 7.81. The zero-order valence-electron chi connectivity index (χ0n) is 15.7. The molecule has 6 nitrogen and oxygen atoms in total. The van der Waals surface area contributed by atoms with E-state index in [1.807, 2.05) is 36.6 Å². The molecule has 0 bridgehead atoms. The molecular weight excluding hydrogens is 413 g/mol. The molecule has 1 amide bonds. The number of halogens is 2. The Morgan fingerprint density at radius 2 is 1.86 bits per heavy atom. The summed E-state index contributed by atoms with van der Waals surface area (Å²) in [4.78, 5) is 12.3. The lowest BCUT2D eigenvalue weighted by atomic mass is 10.2. The lowest BCUT2D eigenvalue weighted by Gasteiger charge is -2.10. The molecule has 0 atom stereocenters. The lowest BCUT2D eigenvalue weighted by molar-refractivity contribution is 0.0954. The van der Waals surface area contributed by atoms with E-state index in [1.165, 1.54) is 0 Å². The highest BCUT2D eigenvalue weighted by Crippen LogP contribution is 2.32. The Balaban J connectivity index is 1.51. The van der Waals surface area contributed by atoms with Crippen molar-refractivity contribution >= 4 is 35.3 Å². The zero-order chi connectivity index (χ0) is 20.5. The van der Waals surface area contributed by atoms with Crippen molar-refractivity contribution in [1.29, 1.82) is 0 Å². The summed E-state index contributed by atoms with van der Waals surface area (Å²) in [5.41, 5.74) is 6.72. The minimum atomic E-state index is -0.335. The van der Waals surface area contributed by atoms with Gasteiger partial charge in [0.15, 0.2) is 11.5 Å². The van der Waals surface area contributed by atoms with Crippen LogP contribution in [0.4, 0.5) is 0 Å². The Kier molecular flexibility index (Phi) is 5.22. The van der Waals surface area contributed by atoms with Gasteiger partial charge in [0.25, 0.3) is 5.91 Å². The fraction of sp³-hybridized carbons (Fsp3) is 0.143. The smallest absolute Gasteiger partial charge is 0.271 e. The molecule has 1 aromatic heterocycles. The molecule has 0 fully saturated rings. The van der Waals surface area contributed by atoms with E-state index in [2.05, 4.69) is 10.5 Å². The molecule has 0 aliphatic carbocycles. The maximum atomic E-state index is 12.3. The van der Waals surface area contributed by atoms with Crippen LogP contribution in [0.2, 0.25) is 10.0 Å². The number of carbonyl (C=O) groups excluding carboxylic acids is 1. The number of aromatic nitrogens is 1.